The molecule has 4 aromatic rings. The Hall–Kier alpha value is -3.96. The number of carbonyl (C=O) groups excluding carboxylic acids is 1. The number of carbonyl (C=O) groups is 1. The maximum atomic E-state index is 12.4. The molecule has 0 saturated carbocycles. The Balaban J connectivity index is 1.24. The Morgan fingerprint density at radius 2 is 1.88 bits per heavy atom. The van der Waals surface area contributed by atoms with Gasteiger partial charge >= 0.3 is 6.09 Å². The highest BCUT2D eigenvalue weighted by molar-refractivity contribution is 6.35. The van der Waals surface area contributed by atoms with Crippen LogP contribution in [0.15, 0.2) is 42.9 Å². The molecule has 0 aliphatic carbocycles. The van der Waals surface area contributed by atoms with Gasteiger partial charge in [0, 0.05) is 58.6 Å². The number of H-pyrrole nitrogens is 1. The molecule has 1 aliphatic heterocycles. The third kappa shape index (κ3) is 6.43. The molecule has 1 amide bonds. The van der Waals surface area contributed by atoms with E-state index in [1.165, 1.54) is 6.33 Å². The third-order valence-corrected chi connectivity index (χ3v) is 6.80. The number of piperazine rings is 1. The van der Waals surface area contributed by atoms with Crippen molar-refractivity contribution in [3.05, 3.63) is 53.4 Å². The number of aromatic amines is 1. The van der Waals surface area contributed by atoms with E-state index in [2.05, 4.69) is 35.1 Å². The molecule has 1 saturated heterocycles. The second-order valence-electron chi connectivity index (χ2n) is 11.0. The zero-order chi connectivity index (χ0) is 28.4. The molecule has 11 nitrogen and oxygen atoms in total. The van der Waals surface area contributed by atoms with Gasteiger partial charge in [-0.15, -0.1) is 0 Å². The molecule has 0 bridgehead atoms. The van der Waals surface area contributed by atoms with Crippen LogP contribution in [0, 0.1) is 0 Å². The van der Waals surface area contributed by atoms with E-state index in [1.54, 1.807) is 11.1 Å². The third-order valence-electron chi connectivity index (χ3n) is 6.45. The van der Waals surface area contributed by atoms with Crippen molar-refractivity contribution in [3.8, 4) is 11.3 Å². The van der Waals surface area contributed by atoms with Gasteiger partial charge < -0.3 is 24.8 Å². The van der Waals surface area contributed by atoms with E-state index in [-0.39, 0.29) is 6.09 Å². The molecule has 210 valence electrons. The van der Waals surface area contributed by atoms with Gasteiger partial charge in [0.25, 0.3) is 0 Å². The van der Waals surface area contributed by atoms with Crippen LogP contribution in [-0.2, 0) is 11.3 Å². The van der Waals surface area contributed by atoms with Crippen LogP contribution in [0.1, 0.15) is 26.3 Å². The highest BCUT2D eigenvalue weighted by Gasteiger charge is 2.26. The summed E-state index contributed by atoms with van der Waals surface area (Å²) in [7, 11) is 3.79. The minimum absolute atomic E-state index is 0.251. The summed E-state index contributed by atoms with van der Waals surface area (Å²) in [6, 6.07) is 9.87. The fourth-order valence-corrected chi connectivity index (χ4v) is 4.90. The lowest BCUT2D eigenvalue weighted by molar-refractivity contribution is 0.0139. The number of halogens is 1. The predicted molar refractivity (Wildman–Crippen MR) is 157 cm³/mol. The number of anilines is 3. The number of benzene rings is 1. The van der Waals surface area contributed by atoms with Crippen LogP contribution >= 0.6 is 11.6 Å². The van der Waals surface area contributed by atoms with Gasteiger partial charge in [0.1, 0.15) is 22.8 Å². The Kier molecular flexibility index (Phi) is 7.77. The molecule has 0 unspecified atom stereocenters. The SMILES string of the molecule is CN(C)c1ncnc(-c2ccc3nc(Nc4cc(CN5CCN(C(=O)OC(C)(C)C)CC5)ccn4)[nH]c3c2)c1Cl. The lowest BCUT2D eigenvalue weighted by Crippen LogP contribution is -2.49. The number of rotatable bonds is 6. The lowest BCUT2D eigenvalue weighted by Gasteiger charge is -2.35. The lowest BCUT2D eigenvalue weighted by atomic mass is 10.1. The summed E-state index contributed by atoms with van der Waals surface area (Å²) in [5.74, 6) is 1.94. The monoisotopic (exact) mass is 563 g/mol. The zero-order valence-corrected chi connectivity index (χ0v) is 24.2. The Bertz CT molecular complexity index is 1510. The Labute approximate surface area is 238 Å². The zero-order valence-electron chi connectivity index (χ0n) is 23.4. The molecule has 1 aromatic carbocycles. The number of ether oxygens (including phenoxy) is 1. The Morgan fingerprint density at radius 3 is 2.60 bits per heavy atom. The highest BCUT2D eigenvalue weighted by Crippen LogP contribution is 2.33. The van der Waals surface area contributed by atoms with E-state index >= 15 is 0 Å². The summed E-state index contributed by atoms with van der Waals surface area (Å²) in [6.45, 7) is 9.26. The largest absolute Gasteiger partial charge is 0.444 e. The smallest absolute Gasteiger partial charge is 0.410 e. The minimum Gasteiger partial charge on any atom is -0.444 e. The van der Waals surface area contributed by atoms with Crippen LogP contribution in [0.25, 0.3) is 22.3 Å². The first kappa shape index (κ1) is 27.6. The quantitative estimate of drug-likeness (QED) is 0.337. The van der Waals surface area contributed by atoms with Gasteiger partial charge in [-0.05, 0) is 50.6 Å². The van der Waals surface area contributed by atoms with Crippen molar-refractivity contribution >= 4 is 46.3 Å². The number of nitrogens with one attached hydrogen (secondary N) is 2. The number of pyridine rings is 1. The van der Waals surface area contributed by atoms with Gasteiger partial charge in [0.2, 0.25) is 5.95 Å². The maximum absolute atomic E-state index is 12.4. The van der Waals surface area contributed by atoms with Crippen molar-refractivity contribution in [2.75, 3.05) is 50.5 Å². The van der Waals surface area contributed by atoms with Crippen LogP contribution in [0.5, 0.6) is 0 Å². The standard InChI is InChI=1S/C28H34ClN9O2/c1-28(2,3)40-27(39)38-12-10-37(11-13-38)16-18-8-9-30-22(14-18)35-26-33-20-7-6-19(15-21(20)34-26)24-23(29)25(36(4)5)32-17-31-24/h6-9,14-15,17H,10-13,16H2,1-5H3,(H2,30,33,34,35). The number of amides is 1. The van der Waals surface area contributed by atoms with Gasteiger partial charge in [-0.2, -0.15) is 0 Å². The molecule has 0 radical (unpaired) electrons. The second-order valence-corrected chi connectivity index (χ2v) is 11.4. The maximum Gasteiger partial charge on any atom is 0.410 e. The van der Waals surface area contributed by atoms with Gasteiger partial charge in [-0.3, -0.25) is 4.90 Å². The molecule has 0 spiro atoms. The topological polar surface area (TPSA) is 115 Å². The van der Waals surface area contributed by atoms with Gasteiger partial charge in [0.05, 0.1) is 16.7 Å². The fraction of sp³-hybridized carbons (Fsp3) is 0.393. The minimum atomic E-state index is -0.489. The first-order valence-corrected chi connectivity index (χ1v) is 13.5. The molecular weight excluding hydrogens is 530 g/mol. The summed E-state index contributed by atoms with van der Waals surface area (Å²) in [6.07, 6.45) is 3.05. The van der Waals surface area contributed by atoms with Crippen molar-refractivity contribution in [3.63, 3.8) is 0 Å². The van der Waals surface area contributed by atoms with E-state index in [0.717, 1.165) is 41.8 Å². The van der Waals surface area contributed by atoms with E-state index in [0.29, 0.717) is 41.4 Å². The number of aromatic nitrogens is 5. The molecule has 4 heterocycles. The summed E-state index contributed by atoms with van der Waals surface area (Å²) < 4.78 is 5.50. The van der Waals surface area contributed by atoms with Crippen LogP contribution in [-0.4, -0.2) is 86.7 Å². The van der Waals surface area contributed by atoms with Crippen LogP contribution in [0.3, 0.4) is 0 Å². The van der Waals surface area contributed by atoms with Crippen LogP contribution < -0.4 is 10.2 Å². The van der Waals surface area contributed by atoms with E-state index < -0.39 is 5.60 Å². The average molecular weight is 564 g/mol. The molecule has 1 aliphatic rings. The first-order valence-electron chi connectivity index (χ1n) is 13.2. The van der Waals surface area contributed by atoms with Crippen molar-refractivity contribution in [1.29, 1.82) is 0 Å². The van der Waals surface area contributed by atoms with E-state index in [1.807, 2.05) is 70.1 Å². The van der Waals surface area contributed by atoms with E-state index in [4.69, 9.17) is 16.3 Å². The molecule has 0 atom stereocenters. The molecule has 1 fully saturated rings. The number of hydrogen-bond donors (Lipinski definition) is 2. The normalized spacial score (nSPS) is 14.4. The van der Waals surface area contributed by atoms with Crippen molar-refractivity contribution in [1.82, 2.24) is 34.7 Å². The molecular formula is C28H34ClN9O2. The number of hydrogen-bond acceptors (Lipinski definition) is 9. The second kappa shape index (κ2) is 11.3. The first-order chi connectivity index (χ1) is 19.1. The molecule has 5 rings (SSSR count). The van der Waals surface area contributed by atoms with Crippen molar-refractivity contribution < 1.29 is 9.53 Å². The average Bonchev–Trinajstić information content (AvgIpc) is 3.29. The number of imidazole rings is 1. The highest BCUT2D eigenvalue weighted by atomic mass is 35.5. The van der Waals surface area contributed by atoms with Gasteiger partial charge in [-0.1, -0.05) is 17.7 Å². The summed E-state index contributed by atoms with van der Waals surface area (Å²) in [4.78, 5) is 39.4. The van der Waals surface area contributed by atoms with Crippen LogP contribution in [0.2, 0.25) is 5.02 Å². The van der Waals surface area contributed by atoms with E-state index in [9.17, 15) is 4.79 Å². The molecule has 40 heavy (non-hydrogen) atoms. The van der Waals surface area contributed by atoms with Gasteiger partial charge in [0.15, 0.2) is 5.82 Å². The molecule has 3 aromatic heterocycles. The number of fused-ring (bicyclic) bond motifs is 1. The molecule has 2 N–H and O–H groups in total. The summed E-state index contributed by atoms with van der Waals surface area (Å²) in [5.41, 5.74) is 3.81. The van der Waals surface area contributed by atoms with Crippen molar-refractivity contribution in [2.24, 2.45) is 0 Å². The Morgan fingerprint density at radius 1 is 1.10 bits per heavy atom. The van der Waals surface area contributed by atoms with Crippen molar-refractivity contribution in [2.45, 2.75) is 32.9 Å². The predicted octanol–water partition coefficient (Wildman–Crippen LogP) is 4.93. The number of nitrogens with zero attached hydrogens (tertiary/aromatic N) is 7. The fourth-order valence-electron chi connectivity index (χ4n) is 4.53. The summed E-state index contributed by atoms with van der Waals surface area (Å²) >= 11 is 6.59. The summed E-state index contributed by atoms with van der Waals surface area (Å²) in [5, 5.41) is 3.78. The molecule has 12 heteroatoms. The van der Waals surface area contributed by atoms with Crippen LogP contribution in [0.4, 0.5) is 22.4 Å². The van der Waals surface area contributed by atoms with Gasteiger partial charge in [-0.25, -0.2) is 24.7 Å².